The van der Waals surface area contributed by atoms with Crippen molar-refractivity contribution in [2.24, 2.45) is 0 Å². The number of hydrogen-bond acceptors (Lipinski definition) is 6. The maximum atomic E-state index is 12.3. The van der Waals surface area contributed by atoms with Crippen LogP contribution < -0.4 is 5.32 Å². The van der Waals surface area contributed by atoms with Crippen LogP contribution in [0.1, 0.15) is 46.3 Å². The number of carbonyl (C=O) groups is 1. The number of rotatable bonds is 4. The summed E-state index contributed by atoms with van der Waals surface area (Å²) in [6, 6.07) is 5.80. The number of fused-ring (bicyclic) bond motifs is 1. The van der Waals surface area contributed by atoms with E-state index in [9.17, 15) is 4.79 Å². The average Bonchev–Trinajstić information content (AvgIpc) is 3.10. The number of benzene rings is 1. The van der Waals surface area contributed by atoms with Crippen LogP contribution in [0, 0.1) is 6.92 Å². The molecule has 1 fully saturated rings. The molecule has 2 aromatic heterocycles. The first-order chi connectivity index (χ1) is 12.7. The Morgan fingerprint density at radius 1 is 1.31 bits per heavy atom. The molecule has 0 bridgehead atoms. The minimum Gasteiger partial charge on any atom is -0.440 e. The number of amides is 1. The van der Waals surface area contributed by atoms with Crippen LogP contribution in [0.3, 0.4) is 0 Å². The first-order valence-electron chi connectivity index (χ1n) is 8.72. The largest absolute Gasteiger partial charge is 0.440 e. The summed E-state index contributed by atoms with van der Waals surface area (Å²) in [5, 5.41) is 2.90. The lowest BCUT2D eigenvalue weighted by Crippen LogP contribution is -2.24. The van der Waals surface area contributed by atoms with Crippen LogP contribution in [0.2, 0.25) is 0 Å². The molecule has 26 heavy (non-hydrogen) atoms. The molecule has 0 radical (unpaired) electrons. The molecule has 0 saturated carbocycles. The highest BCUT2D eigenvalue weighted by Crippen LogP contribution is 2.29. The molecule has 1 aliphatic rings. The highest BCUT2D eigenvalue weighted by molar-refractivity contribution is 5.94. The molecule has 0 spiro atoms. The number of oxazole rings is 1. The monoisotopic (exact) mass is 352 g/mol. The van der Waals surface area contributed by atoms with Crippen LogP contribution in [0.5, 0.6) is 0 Å². The molecule has 7 nitrogen and oxygen atoms in total. The first kappa shape index (κ1) is 16.7. The molecule has 0 atom stereocenters. The molecule has 3 aromatic rings. The van der Waals surface area contributed by atoms with Crippen molar-refractivity contribution in [1.29, 1.82) is 0 Å². The van der Waals surface area contributed by atoms with Crippen LogP contribution in [-0.4, -0.2) is 34.1 Å². The van der Waals surface area contributed by atoms with Crippen LogP contribution in [0.4, 0.5) is 0 Å². The molecule has 0 aliphatic carbocycles. The predicted molar refractivity (Wildman–Crippen MR) is 94.7 cm³/mol. The molecular weight excluding hydrogens is 332 g/mol. The lowest BCUT2D eigenvalue weighted by atomic mass is 10.0. The van der Waals surface area contributed by atoms with E-state index in [1.54, 1.807) is 6.92 Å². The minimum absolute atomic E-state index is 0.189. The van der Waals surface area contributed by atoms with Crippen LogP contribution in [0.25, 0.3) is 11.1 Å². The van der Waals surface area contributed by atoms with Gasteiger partial charge in [-0.15, -0.1) is 0 Å². The minimum atomic E-state index is -0.189. The Balaban J connectivity index is 1.47. The van der Waals surface area contributed by atoms with Gasteiger partial charge in [-0.05, 0) is 37.5 Å². The van der Waals surface area contributed by atoms with Gasteiger partial charge >= 0.3 is 0 Å². The maximum absolute atomic E-state index is 12.3. The fourth-order valence-corrected chi connectivity index (χ4v) is 3.11. The number of aromatic nitrogens is 3. The van der Waals surface area contributed by atoms with E-state index in [1.165, 1.54) is 12.5 Å². The van der Waals surface area contributed by atoms with Gasteiger partial charge in [0.05, 0.1) is 11.3 Å². The summed E-state index contributed by atoms with van der Waals surface area (Å²) in [6.07, 6.45) is 4.84. The Hall–Kier alpha value is -2.80. The first-order valence-corrected chi connectivity index (χ1v) is 8.72. The molecule has 4 rings (SSSR count). The average molecular weight is 352 g/mol. The van der Waals surface area contributed by atoms with E-state index in [2.05, 4.69) is 20.3 Å². The molecule has 3 heterocycles. The zero-order chi connectivity index (χ0) is 17.9. The molecule has 1 saturated heterocycles. The molecule has 1 N–H and O–H groups in total. The van der Waals surface area contributed by atoms with Crippen LogP contribution in [-0.2, 0) is 11.3 Å². The van der Waals surface area contributed by atoms with Crippen LogP contribution in [0.15, 0.2) is 35.1 Å². The summed E-state index contributed by atoms with van der Waals surface area (Å²) in [5.41, 5.74) is 3.70. The summed E-state index contributed by atoms with van der Waals surface area (Å²) in [4.78, 5) is 24.9. The summed E-state index contributed by atoms with van der Waals surface area (Å²) in [5.74, 6) is 0.910. The van der Waals surface area contributed by atoms with Crippen molar-refractivity contribution in [1.82, 2.24) is 20.3 Å². The summed E-state index contributed by atoms with van der Waals surface area (Å²) in [7, 11) is 0. The molecule has 1 aliphatic heterocycles. The highest BCUT2D eigenvalue weighted by atomic mass is 16.5. The third kappa shape index (κ3) is 3.43. The third-order valence-electron chi connectivity index (χ3n) is 4.65. The van der Waals surface area contributed by atoms with Crippen molar-refractivity contribution >= 4 is 17.0 Å². The van der Waals surface area contributed by atoms with Crippen molar-refractivity contribution in [2.75, 3.05) is 13.2 Å². The Morgan fingerprint density at radius 3 is 2.96 bits per heavy atom. The van der Waals surface area contributed by atoms with E-state index in [-0.39, 0.29) is 5.91 Å². The van der Waals surface area contributed by atoms with E-state index in [0.29, 0.717) is 23.7 Å². The van der Waals surface area contributed by atoms with Gasteiger partial charge < -0.3 is 14.5 Å². The molecule has 0 unspecified atom stereocenters. The molecule has 134 valence electrons. The Kier molecular flexibility index (Phi) is 4.62. The smallest absolute Gasteiger partial charge is 0.254 e. The fraction of sp³-hybridized carbons (Fsp3) is 0.368. The SMILES string of the molecule is Cc1ncncc1C(=O)NCc1ccc2oc(C3CCOCC3)nc2c1. The maximum Gasteiger partial charge on any atom is 0.254 e. The van der Waals surface area contributed by atoms with Gasteiger partial charge in [-0.25, -0.2) is 15.0 Å². The summed E-state index contributed by atoms with van der Waals surface area (Å²) in [6.45, 7) is 3.70. The van der Waals surface area contributed by atoms with Crippen molar-refractivity contribution in [3.63, 3.8) is 0 Å². The van der Waals surface area contributed by atoms with E-state index >= 15 is 0 Å². The van der Waals surface area contributed by atoms with Gasteiger partial charge in [0, 0.05) is 31.9 Å². The lowest BCUT2D eigenvalue weighted by Gasteiger charge is -2.18. The molecule has 1 amide bonds. The van der Waals surface area contributed by atoms with Gasteiger partial charge in [-0.1, -0.05) is 6.07 Å². The van der Waals surface area contributed by atoms with Crippen LogP contribution >= 0.6 is 0 Å². The fourth-order valence-electron chi connectivity index (χ4n) is 3.11. The third-order valence-corrected chi connectivity index (χ3v) is 4.65. The zero-order valence-corrected chi connectivity index (χ0v) is 14.6. The van der Waals surface area contributed by atoms with Crippen molar-refractivity contribution in [2.45, 2.75) is 32.2 Å². The second kappa shape index (κ2) is 7.21. The van der Waals surface area contributed by atoms with E-state index in [4.69, 9.17) is 9.15 Å². The Labute approximate surface area is 150 Å². The lowest BCUT2D eigenvalue weighted by molar-refractivity contribution is 0.0798. The van der Waals surface area contributed by atoms with Gasteiger partial charge in [0.1, 0.15) is 11.8 Å². The van der Waals surface area contributed by atoms with Gasteiger partial charge in [-0.3, -0.25) is 4.79 Å². The normalized spacial score (nSPS) is 15.3. The summed E-state index contributed by atoms with van der Waals surface area (Å²) < 4.78 is 11.3. The summed E-state index contributed by atoms with van der Waals surface area (Å²) >= 11 is 0. The van der Waals surface area contributed by atoms with Gasteiger partial charge in [0.2, 0.25) is 0 Å². The number of nitrogens with one attached hydrogen (secondary N) is 1. The second-order valence-corrected chi connectivity index (χ2v) is 6.45. The van der Waals surface area contributed by atoms with E-state index in [0.717, 1.165) is 48.6 Å². The van der Waals surface area contributed by atoms with E-state index in [1.807, 2.05) is 18.2 Å². The number of aryl methyl sites for hydroxylation is 1. The zero-order valence-electron chi connectivity index (χ0n) is 14.6. The van der Waals surface area contributed by atoms with Crippen molar-refractivity contribution < 1.29 is 13.9 Å². The quantitative estimate of drug-likeness (QED) is 0.776. The van der Waals surface area contributed by atoms with Gasteiger partial charge in [0.25, 0.3) is 5.91 Å². The second-order valence-electron chi connectivity index (χ2n) is 6.45. The topological polar surface area (TPSA) is 90.1 Å². The molecule has 1 aromatic carbocycles. The van der Waals surface area contributed by atoms with Crippen molar-refractivity contribution in [3.8, 4) is 0 Å². The van der Waals surface area contributed by atoms with Gasteiger partial charge in [0.15, 0.2) is 11.5 Å². The Morgan fingerprint density at radius 2 is 2.15 bits per heavy atom. The Bertz CT molecular complexity index is 931. The van der Waals surface area contributed by atoms with Crippen molar-refractivity contribution in [3.05, 3.63) is 53.4 Å². The molecule has 7 heteroatoms. The standard InChI is InChI=1S/C19H20N4O3/c1-12-15(10-20-11-22-12)18(24)21-9-13-2-3-17-16(8-13)23-19(26-17)14-4-6-25-7-5-14/h2-3,8,10-11,14H,4-7,9H2,1H3,(H,21,24). The molecular formula is C19H20N4O3. The number of carbonyl (C=O) groups excluding carboxylic acids is 1. The number of nitrogens with zero attached hydrogens (tertiary/aromatic N) is 3. The van der Waals surface area contributed by atoms with Gasteiger partial charge in [-0.2, -0.15) is 0 Å². The number of ether oxygens (including phenoxy) is 1. The predicted octanol–water partition coefficient (Wildman–Crippen LogP) is 2.75. The van der Waals surface area contributed by atoms with E-state index < -0.39 is 0 Å². The highest BCUT2D eigenvalue weighted by Gasteiger charge is 2.21. The number of hydrogen-bond donors (Lipinski definition) is 1.